The number of urea groups is 1. The molecule has 1 aliphatic rings. The van der Waals surface area contributed by atoms with Gasteiger partial charge in [-0.05, 0) is 32.4 Å². The number of alkyl halides is 1. The van der Waals surface area contributed by atoms with Crippen LogP contribution in [-0.2, 0) is 4.79 Å². The van der Waals surface area contributed by atoms with Crippen LogP contribution in [0.1, 0.15) is 33.1 Å². The Balaban J connectivity index is 0.000000462. The van der Waals surface area contributed by atoms with Crippen LogP contribution >= 0.6 is 15.9 Å². The Morgan fingerprint density at radius 3 is 1.94 bits per heavy atom. The fraction of sp³-hybridized carbons (Fsp3) is 0.800. The van der Waals surface area contributed by atoms with Crippen LogP contribution in [0, 0.1) is 0 Å². The maximum absolute atomic E-state index is 11.3. The lowest BCUT2D eigenvalue weighted by molar-refractivity contribution is -0.122. The Bertz CT molecular complexity index is 234. The lowest BCUT2D eigenvalue weighted by Gasteiger charge is -2.21. The maximum atomic E-state index is 11.3. The molecule has 1 rings (SSSR count). The van der Waals surface area contributed by atoms with Crippen LogP contribution < -0.4 is 16.4 Å². The number of hydrogen-bond acceptors (Lipinski definition) is 3. The molecule has 16 heavy (non-hydrogen) atoms. The number of carbonyl (C=O) groups excluding carboxylic acids is 2. The first-order valence-electron chi connectivity index (χ1n) is 5.46. The van der Waals surface area contributed by atoms with Crippen LogP contribution in [0.15, 0.2) is 0 Å². The van der Waals surface area contributed by atoms with E-state index in [0.29, 0.717) is 12.8 Å². The van der Waals surface area contributed by atoms with Gasteiger partial charge < -0.3 is 11.1 Å². The van der Waals surface area contributed by atoms with Crippen molar-refractivity contribution in [1.29, 1.82) is 0 Å². The first-order valence-corrected chi connectivity index (χ1v) is 6.26. The van der Waals surface area contributed by atoms with E-state index in [-0.39, 0.29) is 5.91 Å². The van der Waals surface area contributed by atoms with E-state index >= 15 is 0 Å². The SMILES string of the molecule is C1CNC1.CCC(Br)(CC)C(=O)NC(N)=O. The molecule has 0 aromatic heterocycles. The highest BCUT2D eigenvalue weighted by molar-refractivity contribution is 9.10. The third-order valence-electron chi connectivity index (χ3n) is 2.47. The zero-order valence-corrected chi connectivity index (χ0v) is 11.4. The summed E-state index contributed by atoms with van der Waals surface area (Å²) in [4.78, 5) is 21.6. The summed E-state index contributed by atoms with van der Waals surface area (Å²) in [5.41, 5.74) is 4.81. The van der Waals surface area contributed by atoms with Gasteiger partial charge in [0, 0.05) is 0 Å². The van der Waals surface area contributed by atoms with Gasteiger partial charge in [0.1, 0.15) is 4.32 Å². The molecule has 3 amide bonds. The highest BCUT2D eigenvalue weighted by atomic mass is 79.9. The van der Waals surface area contributed by atoms with Crippen molar-refractivity contribution in [3.8, 4) is 0 Å². The molecule has 0 aromatic rings. The van der Waals surface area contributed by atoms with E-state index < -0.39 is 10.4 Å². The van der Waals surface area contributed by atoms with E-state index in [1.807, 2.05) is 19.2 Å². The van der Waals surface area contributed by atoms with Crippen molar-refractivity contribution in [1.82, 2.24) is 10.6 Å². The predicted molar refractivity (Wildman–Crippen MR) is 67.5 cm³/mol. The molecule has 1 aliphatic heterocycles. The van der Waals surface area contributed by atoms with Gasteiger partial charge in [-0.15, -0.1) is 0 Å². The van der Waals surface area contributed by atoms with E-state index in [1.54, 1.807) is 0 Å². The minimum absolute atomic E-state index is 0.375. The molecule has 0 unspecified atom stereocenters. The van der Waals surface area contributed by atoms with Crippen molar-refractivity contribution in [3.63, 3.8) is 0 Å². The number of nitrogens with two attached hydrogens (primary N) is 1. The van der Waals surface area contributed by atoms with Crippen molar-refractivity contribution < 1.29 is 9.59 Å². The third kappa shape index (κ3) is 5.46. The number of amides is 3. The summed E-state index contributed by atoms with van der Waals surface area (Å²) in [5, 5.41) is 5.15. The van der Waals surface area contributed by atoms with Gasteiger partial charge in [0.05, 0.1) is 0 Å². The quantitative estimate of drug-likeness (QED) is 0.682. The second kappa shape index (κ2) is 7.62. The molecule has 1 fully saturated rings. The van der Waals surface area contributed by atoms with Gasteiger partial charge in [-0.25, -0.2) is 4.79 Å². The minimum atomic E-state index is -0.814. The molecule has 6 heteroatoms. The molecule has 1 heterocycles. The number of rotatable bonds is 3. The number of nitrogens with one attached hydrogen (secondary N) is 2. The van der Waals surface area contributed by atoms with E-state index in [4.69, 9.17) is 5.73 Å². The lowest BCUT2D eigenvalue weighted by atomic mass is 10.0. The van der Waals surface area contributed by atoms with Crippen LogP contribution in [0.5, 0.6) is 0 Å². The molecule has 0 radical (unpaired) electrons. The van der Waals surface area contributed by atoms with Crippen molar-refractivity contribution in [2.24, 2.45) is 5.73 Å². The molecule has 0 saturated carbocycles. The monoisotopic (exact) mass is 293 g/mol. The minimum Gasteiger partial charge on any atom is -0.351 e. The summed E-state index contributed by atoms with van der Waals surface area (Å²) in [6.45, 7) is 6.22. The standard InChI is InChI=1S/C7H13BrN2O2.C3H7N/c1-3-7(8,4-2)5(11)10-6(9)12;1-2-4-3-1/h3-4H2,1-2H3,(H3,9,10,11,12);4H,1-3H2. The van der Waals surface area contributed by atoms with Crippen molar-refractivity contribution in [3.05, 3.63) is 0 Å². The summed E-state index contributed by atoms with van der Waals surface area (Å²) in [5.74, 6) is -0.375. The third-order valence-corrected chi connectivity index (χ3v) is 3.95. The Hall–Kier alpha value is -0.620. The summed E-state index contributed by atoms with van der Waals surface area (Å²) >= 11 is 3.26. The molecular weight excluding hydrogens is 274 g/mol. The fourth-order valence-electron chi connectivity index (χ4n) is 0.972. The van der Waals surface area contributed by atoms with Crippen LogP contribution in [0.25, 0.3) is 0 Å². The van der Waals surface area contributed by atoms with Crippen LogP contribution in [0.4, 0.5) is 4.79 Å². The summed E-state index contributed by atoms with van der Waals surface area (Å²) < 4.78 is -0.665. The zero-order valence-electron chi connectivity index (χ0n) is 9.81. The Morgan fingerprint density at radius 2 is 1.75 bits per heavy atom. The van der Waals surface area contributed by atoms with Gasteiger partial charge in [0.15, 0.2) is 0 Å². The van der Waals surface area contributed by atoms with E-state index in [0.717, 1.165) is 0 Å². The smallest absolute Gasteiger partial charge is 0.318 e. The zero-order chi connectivity index (χ0) is 12.6. The van der Waals surface area contributed by atoms with Crippen molar-refractivity contribution in [2.75, 3.05) is 13.1 Å². The van der Waals surface area contributed by atoms with Gasteiger partial charge in [-0.2, -0.15) is 0 Å². The molecule has 0 aliphatic carbocycles. The summed E-state index contributed by atoms with van der Waals surface area (Å²) in [6, 6.07) is -0.814. The van der Waals surface area contributed by atoms with Gasteiger partial charge in [0.2, 0.25) is 5.91 Å². The molecule has 94 valence electrons. The molecule has 0 aromatic carbocycles. The molecule has 0 spiro atoms. The number of carbonyl (C=O) groups is 2. The van der Waals surface area contributed by atoms with E-state index in [2.05, 4.69) is 21.2 Å². The predicted octanol–water partition coefficient (Wildman–Crippen LogP) is 1.11. The van der Waals surface area contributed by atoms with Crippen molar-refractivity contribution >= 4 is 27.9 Å². The molecule has 4 N–H and O–H groups in total. The first kappa shape index (κ1) is 15.4. The molecular formula is C10H20BrN3O2. The van der Waals surface area contributed by atoms with Gasteiger partial charge >= 0.3 is 6.03 Å². The van der Waals surface area contributed by atoms with Crippen LogP contribution in [0.3, 0.4) is 0 Å². The summed E-state index contributed by atoms with van der Waals surface area (Å²) in [7, 11) is 0. The largest absolute Gasteiger partial charge is 0.351 e. The maximum Gasteiger partial charge on any atom is 0.318 e. The van der Waals surface area contributed by atoms with Gasteiger partial charge in [0.25, 0.3) is 0 Å². The number of primary amides is 1. The normalized spacial score (nSPS) is 14.2. The van der Waals surface area contributed by atoms with E-state index in [1.165, 1.54) is 19.5 Å². The first-order chi connectivity index (χ1) is 7.46. The van der Waals surface area contributed by atoms with Crippen molar-refractivity contribution in [2.45, 2.75) is 37.4 Å². The highest BCUT2D eigenvalue weighted by Gasteiger charge is 2.32. The molecule has 0 bridgehead atoms. The highest BCUT2D eigenvalue weighted by Crippen LogP contribution is 2.26. The Morgan fingerprint density at radius 1 is 1.38 bits per heavy atom. The molecule has 5 nitrogen and oxygen atoms in total. The average molecular weight is 294 g/mol. The van der Waals surface area contributed by atoms with Gasteiger partial charge in [-0.1, -0.05) is 29.8 Å². The fourth-order valence-corrected chi connectivity index (χ4v) is 1.07. The summed E-state index contributed by atoms with van der Waals surface area (Å²) in [6.07, 6.45) is 2.62. The number of halogens is 1. The molecule has 0 atom stereocenters. The number of imide groups is 1. The average Bonchev–Trinajstić information content (AvgIpc) is 2.12. The van der Waals surface area contributed by atoms with Crippen LogP contribution in [0.2, 0.25) is 0 Å². The Kier molecular flexibility index (Phi) is 7.33. The topological polar surface area (TPSA) is 84.2 Å². The van der Waals surface area contributed by atoms with Crippen LogP contribution in [-0.4, -0.2) is 29.4 Å². The Labute approximate surface area is 105 Å². The second-order valence-electron chi connectivity index (χ2n) is 3.59. The van der Waals surface area contributed by atoms with E-state index in [9.17, 15) is 9.59 Å². The number of hydrogen-bond donors (Lipinski definition) is 3. The second-order valence-corrected chi connectivity index (χ2v) is 5.11. The lowest BCUT2D eigenvalue weighted by Crippen LogP contribution is -2.46. The van der Waals surface area contributed by atoms with Gasteiger partial charge in [-0.3, -0.25) is 10.1 Å². The molecule has 1 saturated heterocycles.